The number of hydrogen-bond acceptors (Lipinski definition) is 13. The summed E-state index contributed by atoms with van der Waals surface area (Å²) in [6.45, 7) is 6.93. The van der Waals surface area contributed by atoms with Crippen molar-refractivity contribution in [3.8, 4) is 5.75 Å². The molecule has 240 valence electrons. The highest BCUT2D eigenvalue weighted by Crippen LogP contribution is 2.28. The molecule has 0 aliphatic rings. The van der Waals surface area contributed by atoms with Crippen LogP contribution in [0.5, 0.6) is 5.75 Å². The predicted molar refractivity (Wildman–Crippen MR) is 156 cm³/mol. The Kier molecular flexibility index (Phi) is 20.0. The van der Waals surface area contributed by atoms with Crippen LogP contribution < -0.4 is 10.1 Å². The molecule has 2 aromatic rings. The minimum Gasteiger partial charge on any atom is -0.491 e. The highest BCUT2D eigenvalue weighted by molar-refractivity contribution is 5.65. The van der Waals surface area contributed by atoms with Gasteiger partial charge in [0, 0.05) is 12.6 Å². The topological polar surface area (TPSA) is 172 Å². The van der Waals surface area contributed by atoms with Gasteiger partial charge in [-0.2, -0.15) is 0 Å². The van der Waals surface area contributed by atoms with Gasteiger partial charge in [-0.15, -0.1) is 0 Å². The number of rotatable bonds is 28. The van der Waals surface area contributed by atoms with E-state index in [-0.39, 0.29) is 23.7 Å². The highest BCUT2D eigenvalue weighted by atomic mass is 16.6. The zero-order valence-corrected chi connectivity index (χ0v) is 24.2. The first-order valence-electron chi connectivity index (χ1n) is 14.0. The zero-order valence-electron chi connectivity index (χ0n) is 24.2. The van der Waals surface area contributed by atoms with Gasteiger partial charge in [0.05, 0.1) is 108 Å². The Morgan fingerprint density at radius 2 is 0.977 bits per heavy atom. The standard InChI is InChI=1S/C28H41N3O12/c32-30(33)25-6-7-27(28(24-25)31(34)35)29-8-9-36-10-11-37-12-13-38-14-15-39-16-17-40-18-19-41-20-21-42-22-23-43-26-4-2-1-3-5-26/h1-7,24,29H,8-23H2. The predicted octanol–water partition coefficient (Wildman–Crippen LogP) is 3.11. The molecule has 0 fully saturated rings. The molecular formula is C28H41N3O12. The Morgan fingerprint density at radius 3 is 1.42 bits per heavy atom. The molecule has 0 aliphatic heterocycles. The quantitative estimate of drug-likeness (QED) is 0.0846. The Morgan fingerprint density at radius 1 is 0.535 bits per heavy atom. The third kappa shape index (κ3) is 18.0. The molecule has 1 N–H and O–H groups in total. The van der Waals surface area contributed by atoms with Crippen LogP contribution in [0.4, 0.5) is 17.1 Å². The summed E-state index contributed by atoms with van der Waals surface area (Å²) in [4.78, 5) is 20.6. The molecule has 0 radical (unpaired) electrons. The Balaban J connectivity index is 1.26. The molecule has 0 atom stereocenters. The summed E-state index contributed by atoms with van der Waals surface area (Å²) in [5.74, 6) is 0.827. The van der Waals surface area contributed by atoms with Crippen molar-refractivity contribution in [2.45, 2.75) is 0 Å². The third-order valence-electron chi connectivity index (χ3n) is 5.42. The Bertz CT molecular complexity index is 1020. The second kappa shape index (κ2) is 24.0. The maximum Gasteiger partial charge on any atom is 0.299 e. The van der Waals surface area contributed by atoms with E-state index in [0.29, 0.717) is 99.0 Å². The number of nitro benzene ring substituents is 2. The number of ether oxygens (including phenoxy) is 8. The molecule has 0 saturated heterocycles. The van der Waals surface area contributed by atoms with E-state index in [1.807, 2.05) is 30.3 Å². The van der Waals surface area contributed by atoms with Gasteiger partial charge >= 0.3 is 0 Å². The fourth-order valence-electron chi connectivity index (χ4n) is 3.35. The van der Waals surface area contributed by atoms with E-state index in [1.54, 1.807) is 0 Å². The average Bonchev–Trinajstić information content (AvgIpc) is 3.01. The molecule has 15 heteroatoms. The monoisotopic (exact) mass is 611 g/mol. The lowest BCUT2D eigenvalue weighted by molar-refractivity contribution is -0.393. The van der Waals surface area contributed by atoms with Crippen molar-refractivity contribution >= 4 is 17.1 Å². The molecule has 0 bridgehead atoms. The molecule has 0 spiro atoms. The number of benzene rings is 2. The summed E-state index contributed by atoms with van der Waals surface area (Å²) in [5, 5.41) is 24.8. The van der Waals surface area contributed by atoms with E-state index in [1.165, 1.54) is 12.1 Å². The molecule has 0 aliphatic carbocycles. The molecule has 43 heavy (non-hydrogen) atoms. The van der Waals surface area contributed by atoms with Gasteiger partial charge in [0.2, 0.25) is 0 Å². The number of hydrogen-bond donors (Lipinski definition) is 1. The van der Waals surface area contributed by atoms with Crippen LogP contribution in [0.1, 0.15) is 0 Å². The fraction of sp³-hybridized carbons (Fsp3) is 0.571. The lowest BCUT2D eigenvalue weighted by Crippen LogP contribution is -2.15. The van der Waals surface area contributed by atoms with Crippen LogP contribution in [-0.4, -0.2) is 115 Å². The molecule has 0 unspecified atom stereocenters. The van der Waals surface area contributed by atoms with Gasteiger partial charge in [0.25, 0.3) is 11.4 Å². The lowest BCUT2D eigenvalue weighted by Gasteiger charge is -2.09. The van der Waals surface area contributed by atoms with Crippen molar-refractivity contribution in [1.29, 1.82) is 0 Å². The number of non-ortho nitro benzene ring substituents is 1. The third-order valence-corrected chi connectivity index (χ3v) is 5.42. The largest absolute Gasteiger partial charge is 0.491 e. The van der Waals surface area contributed by atoms with Gasteiger partial charge < -0.3 is 43.2 Å². The number of nitrogens with one attached hydrogen (secondary N) is 1. The smallest absolute Gasteiger partial charge is 0.299 e. The normalized spacial score (nSPS) is 11.0. The van der Waals surface area contributed by atoms with Crippen LogP contribution in [0.2, 0.25) is 0 Å². The van der Waals surface area contributed by atoms with Crippen LogP contribution >= 0.6 is 0 Å². The Hall–Kier alpha value is -3.44. The van der Waals surface area contributed by atoms with Gasteiger partial charge in [-0.3, -0.25) is 20.2 Å². The molecule has 15 nitrogen and oxygen atoms in total. The van der Waals surface area contributed by atoms with Crippen molar-refractivity contribution < 1.29 is 47.7 Å². The molecule has 0 heterocycles. The molecular weight excluding hydrogens is 570 g/mol. The van der Waals surface area contributed by atoms with Crippen LogP contribution in [0.25, 0.3) is 0 Å². The summed E-state index contributed by atoms with van der Waals surface area (Å²) in [7, 11) is 0. The summed E-state index contributed by atoms with van der Waals surface area (Å²) in [6, 6.07) is 13.0. The minimum absolute atomic E-state index is 0.188. The van der Waals surface area contributed by atoms with Crippen LogP contribution in [-0.2, 0) is 33.2 Å². The van der Waals surface area contributed by atoms with Gasteiger partial charge in [0.1, 0.15) is 18.0 Å². The van der Waals surface area contributed by atoms with Crippen molar-refractivity contribution in [3.05, 3.63) is 68.8 Å². The van der Waals surface area contributed by atoms with Gasteiger partial charge in [-0.1, -0.05) is 18.2 Å². The summed E-state index contributed by atoms with van der Waals surface area (Å²) >= 11 is 0. The average molecular weight is 612 g/mol. The zero-order chi connectivity index (χ0) is 30.8. The van der Waals surface area contributed by atoms with Gasteiger partial charge in [0.15, 0.2) is 0 Å². The number of para-hydroxylation sites is 1. The van der Waals surface area contributed by atoms with E-state index < -0.39 is 9.85 Å². The van der Waals surface area contributed by atoms with E-state index in [0.717, 1.165) is 11.8 Å². The van der Waals surface area contributed by atoms with Crippen molar-refractivity contribution in [1.82, 2.24) is 0 Å². The first-order chi connectivity index (χ1) is 21.1. The number of nitro groups is 2. The molecule has 2 aromatic carbocycles. The van der Waals surface area contributed by atoms with E-state index >= 15 is 0 Å². The SMILES string of the molecule is O=[N+]([O-])c1ccc(NCCOCCOCCOCCOCCOCCOCCOCCOc2ccccc2)c([N+](=O)[O-])c1. The summed E-state index contributed by atoms with van der Waals surface area (Å²) in [5.41, 5.74) is -0.518. The summed E-state index contributed by atoms with van der Waals surface area (Å²) in [6.07, 6.45) is 0. The maximum absolute atomic E-state index is 11.1. The van der Waals surface area contributed by atoms with E-state index in [9.17, 15) is 20.2 Å². The van der Waals surface area contributed by atoms with Gasteiger partial charge in [-0.25, -0.2) is 0 Å². The van der Waals surface area contributed by atoms with Crippen LogP contribution in [0.3, 0.4) is 0 Å². The van der Waals surface area contributed by atoms with Crippen molar-refractivity contribution in [2.24, 2.45) is 0 Å². The van der Waals surface area contributed by atoms with Crippen LogP contribution in [0.15, 0.2) is 48.5 Å². The molecule has 0 saturated carbocycles. The highest BCUT2D eigenvalue weighted by Gasteiger charge is 2.19. The fourth-order valence-corrected chi connectivity index (χ4v) is 3.35. The summed E-state index contributed by atoms with van der Waals surface area (Å²) < 4.78 is 43.6. The first-order valence-corrected chi connectivity index (χ1v) is 14.0. The first kappa shape index (κ1) is 35.8. The second-order valence-electron chi connectivity index (χ2n) is 8.59. The molecule has 0 amide bonds. The van der Waals surface area contributed by atoms with E-state index in [4.69, 9.17) is 37.9 Å². The maximum atomic E-state index is 11.1. The van der Waals surface area contributed by atoms with Crippen molar-refractivity contribution in [2.75, 3.05) is 111 Å². The number of nitrogens with zero attached hydrogens (tertiary/aromatic N) is 2. The molecule has 0 aromatic heterocycles. The Labute approximate surface area is 250 Å². The second-order valence-corrected chi connectivity index (χ2v) is 8.59. The van der Waals surface area contributed by atoms with Crippen molar-refractivity contribution in [3.63, 3.8) is 0 Å². The minimum atomic E-state index is -0.680. The lowest BCUT2D eigenvalue weighted by atomic mass is 10.2. The van der Waals surface area contributed by atoms with Crippen LogP contribution in [0, 0.1) is 20.2 Å². The molecule has 2 rings (SSSR count). The van der Waals surface area contributed by atoms with E-state index in [2.05, 4.69) is 5.32 Å². The van der Waals surface area contributed by atoms with Gasteiger partial charge in [-0.05, 0) is 18.2 Å². The number of anilines is 1.